The van der Waals surface area contributed by atoms with E-state index in [0.717, 1.165) is 25.0 Å². The highest BCUT2D eigenvalue weighted by Crippen LogP contribution is 2.14. The number of rotatable bonds is 7. The van der Waals surface area contributed by atoms with Gasteiger partial charge in [0.25, 0.3) is 0 Å². The molecule has 0 unspecified atom stereocenters. The van der Waals surface area contributed by atoms with Crippen molar-refractivity contribution in [3.8, 4) is 0 Å². The first kappa shape index (κ1) is 15.1. The van der Waals surface area contributed by atoms with E-state index in [1.807, 2.05) is 6.20 Å². The van der Waals surface area contributed by atoms with E-state index in [4.69, 9.17) is 4.98 Å². The molecule has 0 bridgehead atoms. The molecule has 1 aromatic rings. The Morgan fingerprint density at radius 2 is 1.67 bits per heavy atom. The van der Waals surface area contributed by atoms with Gasteiger partial charge in [0.05, 0.1) is 17.1 Å². The first-order chi connectivity index (χ1) is 8.52. The molecular formula is C16H28N2. The molecule has 1 heterocycles. The lowest BCUT2D eigenvalue weighted by atomic mass is 10.0. The van der Waals surface area contributed by atoms with Gasteiger partial charge in [-0.25, -0.2) is 0 Å². The monoisotopic (exact) mass is 248 g/mol. The molecule has 18 heavy (non-hydrogen) atoms. The molecular weight excluding hydrogens is 220 g/mol. The van der Waals surface area contributed by atoms with Crippen LogP contribution in [0.4, 0.5) is 0 Å². The van der Waals surface area contributed by atoms with Crippen LogP contribution in [0.5, 0.6) is 0 Å². The smallest absolute Gasteiger partial charge is 0.0622 e. The summed E-state index contributed by atoms with van der Waals surface area (Å²) in [6.07, 6.45) is 7.58. The van der Waals surface area contributed by atoms with Crippen molar-refractivity contribution in [2.75, 3.05) is 0 Å². The van der Waals surface area contributed by atoms with Crippen LogP contribution in [0.25, 0.3) is 0 Å². The Labute approximate surface area is 112 Å². The summed E-state index contributed by atoms with van der Waals surface area (Å²) < 4.78 is 0. The zero-order chi connectivity index (χ0) is 13.5. The number of hydrogen-bond acceptors (Lipinski definition) is 2. The summed E-state index contributed by atoms with van der Waals surface area (Å²) in [6.45, 7) is 11.2. The number of unbranched alkanes of at least 4 members (excludes halogenated alkanes) is 1. The minimum absolute atomic E-state index is 0.647. The van der Waals surface area contributed by atoms with Gasteiger partial charge < -0.3 is 0 Å². The molecule has 2 nitrogen and oxygen atoms in total. The molecule has 1 aromatic heterocycles. The summed E-state index contributed by atoms with van der Waals surface area (Å²) in [4.78, 5) is 9.50. The maximum Gasteiger partial charge on any atom is 0.0622 e. The predicted octanol–water partition coefficient (Wildman–Crippen LogP) is 4.22. The first-order valence-electron chi connectivity index (χ1n) is 7.36. The Morgan fingerprint density at radius 1 is 1.00 bits per heavy atom. The van der Waals surface area contributed by atoms with Gasteiger partial charge >= 0.3 is 0 Å². The lowest BCUT2D eigenvalue weighted by Gasteiger charge is -2.12. The van der Waals surface area contributed by atoms with Crippen molar-refractivity contribution in [1.82, 2.24) is 9.97 Å². The van der Waals surface area contributed by atoms with Crippen LogP contribution in [-0.4, -0.2) is 9.97 Å². The predicted molar refractivity (Wildman–Crippen MR) is 77.7 cm³/mol. The Morgan fingerprint density at radius 3 is 2.22 bits per heavy atom. The summed E-state index contributed by atoms with van der Waals surface area (Å²) in [7, 11) is 0. The highest BCUT2D eigenvalue weighted by molar-refractivity contribution is 5.15. The van der Waals surface area contributed by atoms with E-state index in [-0.39, 0.29) is 0 Å². The van der Waals surface area contributed by atoms with Crippen molar-refractivity contribution in [3.05, 3.63) is 23.3 Å². The molecule has 0 saturated heterocycles. The molecule has 0 radical (unpaired) electrons. The zero-order valence-corrected chi connectivity index (χ0v) is 12.7. The summed E-state index contributed by atoms with van der Waals surface area (Å²) in [6, 6.07) is 0. The maximum atomic E-state index is 4.84. The van der Waals surface area contributed by atoms with Crippen LogP contribution < -0.4 is 0 Å². The second-order valence-electron chi connectivity index (χ2n) is 6.05. The third-order valence-corrected chi connectivity index (χ3v) is 2.97. The summed E-state index contributed by atoms with van der Waals surface area (Å²) in [5, 5.41) is 0. The van der Waals surface area contributed by atoms with Gasteiger partial charge in [-0.15, -0.1) is 0 Å². The molecule has 2 heteroatoms. The number of hydrogen-bond donors (Lipinski definition) is 0. The average Bonchev–Trinajstić information content (AvgIpc) is 2.27. The van der Waals surface area contributed by atoms with Crippen LogP contribution in [0, 0.1) is 11.8 Å². The minimum Gasteiger partial charge on any atom is -0.257 e. The van der Waals surface area contributed by atoms with Crippen molar-refractivity contribution in [2.24, 2.45) is 11.8 Å². The van der Waals surface area contributed by atoms with Gasteiger partial charge in [-0.05, 0) is 37.5 Å². The summed E-state index contributed by atoms with van der Waals surface area (Å²) in [5.41, 5.74) is 3.61. The third kappa shape index (κ3) is 5.16. The molecule has 0 spiro atoms. The Kier molecular flexibility index (Phi) is 6.31. The average molecular weight is 248 g/mol. The molecule has 102 valence electrons. The van der Waals surface area contributed by atoms with Gasteiger partial charge in [-0.3, -0.25) is 9.97 Å². The molecule has 0 aliphatic rings. The van der Waals surface area contributed by atoms with Crippen molar-refractivity contribution in [3.63, 3.8) is 0 Å². The molecule has 0 atom stereocenters. The van der Waals surface area contributed by atoms with E-state index in [2.05, 4.69) is 39.6 Å². The molecule has 0 saturated carbocycles. The van der Waals surface area contributed by atoms with Gasteiger partial charge in [-0.1, -0.05) is 41.0 Å². The number of aryl methyl sites for hydroxylation is 1. The van der Waals surface area contributed by atoms with E-state index < -0.39 is 0 Å². The summed E-state index contributed by atoms with van der Waals surface area (Å²) in [5.74, 6) is 1.30. The third-order valence-electron chi connectivity index (χ3n) is 2.97. The van der Waals surface area contributed by atoms with Crippen LogP contribution in [0.3, 0.4) is 0 Å². The van der Waals surface area contributed by atoms with Crippen LogP contribution in [0.15, 0.2) is 6.20 Å². The fourth-order valence-electron chi connectivity index (χ4n) is 2.11. The van der Waals surface area contributed by atoms with Gasteiger partial charge in [0, 0.05) is 6.20 Å². The normalized spacial score (nSPS) is 11.5. The molecule has 0 amide bonds. The van der Waals surface area contributed by atoms with Crippen LogP contribution in [0.1, 0.15) is 64.5 Å². The Bertz CT molecular complexity index is 356. The van der Waals surface area contributed by atoms with Crippen molar-refractivity contribution in [2.45, 2.75) is 66.7 Å². The van der Waals surface area contributed by atoms with E-state index in [1.54, 1.807) is 0 Å². The lowest BCUT2D eigenvalue weighted by Crippen LogP contribution is -2.09. The molecule has 0 fully saturated rings. The molecule has 1 rings (SSSR count). The first-order valence-corrected chi connectivity index (χ1v) is 7.36. The SMILES string of the molecule is CCCCc1nc(CC(C)C)cnc1CC(C)C. The molecule has 0 aromatic carbocycles. The van der Waals surface area contributed by atoms with Gasteiger partial charge in [0.2, 0.25) is 0 Å². The van der Waals surface area contributed by atoms with E-state index in [1.165, 1.54) is 24.2 Å². The maximum absolute atomic E-state index is 4.84. The minimum atomic E-state index is 0.647. The van der Waals surface area contributed by atoms with Crippen molar-refractivity contribution < 1.29 is 0 Å². The Hall–Kier alpha value is -0.920. The van der Waals surface area contributed by atoms with Crippen LogP contribution >= 0.6 is 0 Å². The van der Waals surface area contributed by atoms with Crippen molar-refractivity contribution in [1.29, 1.82) is 0 Å². The lowest BCUT2D eigenvalue weighted by molar-refractivity contribution is 0.603. The van der Waals surface area contributed by atoms with Gasteiger partial charge in [0.1, 0.15) is 0 Å². The van der Waals surface area contributed by atoms with Gasteiger partial charge in [0.15, 0.2) is 0 Å². The molecule has 0 aliphatic carbocycles. The fourth-order valence-corrected chi connectivity index (χ4v) is 2.11. The van der Waals surface area contributed by atoms with E-state index >= 15 is 0 Å². The van der Waals surface area contributed by atoms with Gasteiger partial charge in [-0.2, -0.15) is 0 Å². The summed E-state index contributed by atoms with van der Waals surface area (Å²) >= 11 is 0. The second kappa shape index (κ2) is 7.50. The standard InChI is InChI=1S/C16H28N2/c1-6-7-8-15-16(10-13(4)5)17-11-14(18-15)9-12(2)3/h11-13H,6-10H2,1-5H3. The van der Waals surface area contributed by atoms with E-state index in [9.17, 15) is 0 Å². The van der Waals surface area contributed by atoms with Crippen molar-refractivity contribution >= 4 is 0 Å². The van der Waals surface area contributed by atoms with Crippen LogP contribution in [-0.2, 0) is 19.3 Å². The topological polar surface area (TPSA) is 25.8 Å². The molecule has 0 N–H and O–H groups in total. The number of aromatic nitrogens is 2. The van der Waals surface area contributed by atoms with E-state index in [0.29, 0.717) is 11.8 Å². The molecule has 0 aliphatic heterocycles. The quantitative estimate of drug-likeness (QED) is 0.722. The second-order valence-corrected chi connectivity index (χ2v) is 6.05. The highest BCUT2D eigenvalue weighted by Gasteiger charge is 2.10. The fraction of sp³-hybridized carbons (Fsp3) is 0.750. The zero-order valence-electron chi connectivity index (χ0n) is 12.7. The Balaban J connectivity index is 2.88. The number of nitrogens with zero attached hydrogens (tertiary/aromatic N) is 2. The van der Waals surface area contributed by atoms with Crippen LogP contribution in [0.2, 0.25) is 0 Å². The largest absolute Gasteiger partial charge is 0.257 e. The highest BCUT2D eigenvalue weighted by atomic mass is 14.8.